The Morgan fingerprint density at radius 2 is 2.08 bits per heavy atom. The Kier molecular flexibility index (Phi) is 4.16. The standard InChI is InChI=1S/C7H5BrFNO2.ClH/c8-3-1-2-4(10)5(6(3)9)7(11)12;/h1-2H,10H2,(H,11,12);1H. The Labute approximate surface area is 88.3 Å². The van der Waals surface area contributed by atoms with Crippen molar-refractivity contribution in [3.63, 3.8) is 0 Å². The zero-order chi connectivity index (χ0) is 9.30. The van der Waals surface area contributed by atoms with Crippen LogP contribution in [0.5, 0.6) is 0 Å². The molecule has 0 aliphatic carbocycles. The summed E-state index contributed by atoms with van der Waals surface area (Å²) in [4.78, 5) is 10.5. The highest BCUT2D eigenvalue weighted by Crippen LogP contribution is 2.23. The van der Waals surface area contributed by atoms with E-state index in [1.807, 2.05) is 0 Å². The van der Waals surface area contributed by atoms with Crippen LogP contribution in [-0.4, -0.2) is 11.1 Å². The van der Waals surface area contributed by atoms with Crippen molar-refractivity contribution in [2.24, 2.45) is 0 Å². The largest absolute Gasteiger partial charge is 0.478 e. The van der Waals surface area contributed by atoms with E-state index in [0.717, 1.165) is 0 Å². The van der Waals surface area contributed by atoms with Crippen molar-refractivity contribution in [3.8, 4) is 0 Å². The van der Waals surface area contributed by atoms with Crippen LogP contribution in [0.2, 0.25) is 0 Å². The van der Waals surface area contributed by atoms with Crippen LogP contribution < -0.4 is 5.73 Å². The molecule has 0 aromatic heterocycles. The molecule has 0 amide bonds. The summed E-state index contributed by atoms with van der Waals surface area (Å²) in [5.74, 6) is -2.21. The zero-order valence-electron chi connectivity index (χ0n) is 6.25. The number of hydrogen-bond acceptors (Lipinski definition) is 2. The van der Waals surface area contributed by atoms with E-state index >= 15 is 0 Å². The SMILES string of the molecule is Cl.Nc1ccc(Br)c(F)c1C(=O)O. The van der Waals surface area contributed by atoms with Crippen LogP contribution in [0, 0.1) is 5.82 Å². The Morgan fingerprint density at radius 3 is 2.46 bits per heavy atom. The lowest BCUT2D eigenvalue weighted by Gasteiger charge is -2.02. The molecular formula is C7H6BrClFNO2. The summed E-state index contributed by atoms with van der Waals surface area (Å²) in [5.41, 5.74) is 4.67. The minimum atomic E-state index is -1.37. The maximum Gasteiger partial charge on any atom is 0.340 e. The van der Waals surface area contributed by atoms with E-state index in [-0.39, 0.29) is 22.6 Å². The molecular weight excluding hydrogens is 264 g/mol. The second-order valence-corrected chi connectivity index (χ2v) is 2.99. The smallest absolute Gasteiger partial charge is 0.340 e. The van der Waals surface area contributed by atoms with Gasteiger partial charge in [-0.15, -0.1) is 12.4 Å². The summed E-state index contributed by atoms with van der Waals surface area (Å²) in [5, 5.41) is 8.53. The van der Waals surface area contributed by atoms with Gasteiger partial charge in [-0.3, -0.25) is 0 Å². The predicted molar refractivity (Wildman–Crippen MR) is 52.7 cm³/mol. The van der Waals surface area contributed by atoms with Gasteiger partial charge in [-0.2, -0.15) is 0 Å². The molecule has 1 rings (SSSR count). The summed E-state index contributed by atoms with van der Waals surface area (Å²) in [6.07, 6.45) is 0. The van der Waals surface area contributed by atoms with Crippen molar-refractivity contribution >= 4 is 40.0 Å². The lowest BCUT2D eigenvalue weighted by atomic mass is 10.2. The van der Waals surface area contributed by atoms with Gasteiger partial charge < -0.3 is 10.8 Å². The lowest BCUT2D eigenvalue weighted by molar-refractivity contribution is 0.0693. The molecule has 0 radical (unpaired) electrons. The molecule has 72 valence electrons. The summed E-state index contributed by atoms with van der Waals surface area (Å²) >= 11 is 2.85. The van der Waals surface area contributed by atoms with Crippen molar-refractivity contribution < 1.29 is 14.3 Å². The lowest BCUT2D eigenvalue weighted by Crippen LogP contribution is -2.05. The van der Waals surface area contributed by atoms with Crippen LogP contribution >= 0.6 is 28.3 Å². The van der Waals surface area contributed by atoms with Crippen LogP contribution in [-0.2, 0) is 0 Å². The molecule has 1 aromatic rings. The van der Waals surface area contributed by atoms with Crippen LogP contribution in [0.3, 0.4) is 0 Å². The highest BCUT2D eigenvalue weighted by molar-refractivity contribution is 9.10. The number of aromatic carboxylic acids is 1. The van der Waals surface area contributed by atoms with Crippen molar-refractivity contribution in [2.45, 2.75) is 0 Å². The Bertz CT molecular complexity index is 346. The molecule has 0 spiro atoms. The molecule has 13 heavy (non-hydrogen) atoms. The van der Waals surface area contributed by atoms with Crippen LogP contribution in [0.1, 0.15) is 10.4 Å². The van der Waals surface area contributed by atoms with Crippen LogP contribution in [0.25, 0.3) is 0 Å². The van der Waals surface area contributed by atoms with Crippen LogP contribution in [0.15, 0.2) is 16.6 Å². The monoisotopic (exact) mass is 269 g/mol. The maximum absolute atomic E-state index is 13.0. The minimum Gasteiger partial charge on any atom is -0.478 e. The van der Waals surface area contributed by atoms with E-state index in [1.165, 1.54) is 12.1 Å². The third kappa shape index (κ3) is 2.32. The molecule has 0 aliphatic heterocycles. The fourth-order valence-electron chi connectivity index (χ4n) is 0.783. The Hall–Kier alpha value is -0.810. The van der Waals surface area contributed by atoms with E-state index in [4.69, 9.17) is 10.8 Å². The van der Waals surface area contributed by atoms with Gasteiger partial charge in [-0.05, 0) is 28.1 Å². The number of carboxylic acid groups (broad SMARTS) is 1. The van der Waals surface area contributed by atoms with Crippen molar-refractivity contribution in [2.75, 3.05) is 5.73 Å². The van der Waals surface area contributed by atoms with E-state index in [2.05, 4.69) is 15.9 Å². The predicted octanol–water partition coefficient (Wildman–Crippen LogP) is 2.29. The topological polar surface area (TPSA) is 63.3 Å². The molecule has 6 heteroatoms. The number of carboxylic acids is 1. The number of carbonyl (C=O) groups is 1. The molecule has 0 saturated carbocycles. The van der Waals surface area contributed by atoms with E-state index < -0.39 is 17.3 Å². The van der Waals surface area contributed by atoms with Gasteiger partial charge in [0.25, 0.3) is 0 Å². The van der Waals surface area contributed by atoms with Gasteiger partial charge in [-0.1, -0.05) is 0 Å². The summed E-state index contributed by atoms with van der Waals surface area (Å²) in [6.45, 7) is 0. The number of anilines is 1. The van der Waals surface area contributed by atoms with Crippen LogP contribution in [0.4, 0.5) is 10.1 Å². The van der Waals surface area contributed by atoms with Gasteiger partial charge in [-0.25, -0.2) is 9.18 Å². The van der Waals surface area contributed by atoms with Crippen molar-refractivity contribution in [1.82, 2.24) is 0 Å². The van der Waals surface area contributed by atoms with E-state index in [9.17, 15) is 9.18 Å². The van der Waals surface area contributed by atoms with E-state index in [0.29, 0.717) is 0 Å². The molecule has 0 bridgehead atoms. The van der Waals surface area contributed by atoms with Gasteiger partial charge >= 0.3 is 5.97 Å². The fourth-order valence-corrected chi connectivity index (χ4v) is 1.11. The molecule has 0 saturated heterocycles. The molecule has 3 N–H and O–H groups in total. The van der Waals surface area contributed by atoms with Crippen molar-refractivity contribution in [1.29, 1.82) is 0 Å². The fraction of sp³-hybridized carbons (Fsp3) is 0. The average Bonchev–Trinajstić information content (AvgIpc) is 1.97. The number of nitrogens with two attached hydrogens (primary N) is 1. The number of rotatable bonds is 1. The Morgan fingerprint density at radius 1 is 1.54 bits per heavy atom. The molecule has 1 aromatic carbocycles. The molecule has 0 fully saturated rings. The van der Waals surface area contributed by atoms with Gasteiger partial charge in [0.15, 0.2) is 5.82 Å². The zero-order valence-corrected chi connectivity index (χ0v) is 8.65. The highest BCUT2D eigenvalue weighted by Gasteiger charge is 2.16. The molecule has 0 unspecified atom stereocenters. The third-order valence-electron chi connectivity index (χ3n) is 1.34. The first-order chi connectivity index (χ1) is 5.54. The van der Waals surface area contributed by atoms with Gasteiger partial charge in [0.05, 0.1) is 4.47 Å². The van der Waals surface area contributed by atoms with Gasteiger partial charge in [0, 0.05) is 5.69 Å². The summed E-state index contributed by atoms with van der Waals surface area (Å²) in [6, 6.07) is 2.69. The third-order valence-corrected chi connectivity index (χ3v) is 1.95. The number of nitrogen functional groups attached to an aromatic ring is 1. The summed E-state index contributed by atoms with van der Waals surface area (Å²) < 4.78 is 13.1. The maximum atomic E-state index is 13.0. The average molecular weight is 270 g/mol. The Balaban J connectivity index is 0.00000144. The molecule has 0 heterocycles. The first-order valence-electron chi connectivity index (χ1n) is 3.01. The number of hydrogen-bond donors (Lipinski definition) is 2. The number of halogens is 3. The summed E-state index contributed by atoms with van der Waals surface area (Å²) in [7, 11) is 0. The number of benzene rings is 1. The van der Waals surface area contributed by atoms with Gasteiger partial charge in [0.1, 0.15) is 5.56 Å². The normalized spacial score (nSPS) is 9.08. The van der Waals surface area contributed by atoms with Crippen molar-refractivity contribution in [3.05, 3.63) is 28.0 Å². The molecule has 0 aliphatic rings. The minimum absolute atomic E-state index is 0. The first kappa shape index (κ1) is 12.2. The molecule has 0 atom stereocenters. The van der Waals surface area contributed by atoms with E-state index in [1.54, 1.807) is 0 Å². The second-order valence-electron chi connectivity index (χ2n) is 2.13. The quantitative estimate of drug-likeness (QED) is 0.770. The first-order valence-corrected chi connectivity index (χ1v) is 3.80. The molecule has 3 nitrogen and oxygen atoms in total. The second kappa shape index (κ2) is 4.43. The highest BCUT2D eigenvalue weighted by atomic mass is 79.9. The van der Waals surface area contributed by atoms with Gasteiger partial charge in [0.2, 0.25) is 0 Å².